The second kappa shape index (κ2) is 3.94. The zero-order valence-corrected chi connectivity index (χ0v) is 9.00. The lowest BCUT2D eigenvalue weighted by atomic mass is 10.1. The number of carbonyl (C=O) groups excluding carboxylic acids is 1. The Balaban J connectivity index is 1.95. The van der Waals surface area contributed by atoms with Gasteiger partial charge in [0.05, 0.1) is 0 Å². The fourth-order valence-electron chi connectivity index (χ4n) is 1.84. The van der Waals surface area contributed by atoms with Gasteiger partial charge in [0.25, 0.3) is 6.29 Å². The number of cyclic esters (lactones) is 1. The third-order valence-electron chi connectivity index (χ3n) is 2.61. The van der Waals surface area contributed by atoms with E-state index in [4.69, 9.17) is 9.47 Å². The number of fused-ring (bicyclic) bond motifs is 1. The Labute approximate surface area is 98.3 Å². The van der Waals surface area contributed by atoms with Crippen molar-refractivity contribution in [2.75, 3.05) is 0 Å². The van der Waals surface area contributed by atoms with Crippen LogP contribution in [-0.4, -0.2) is 12.3 Å². The zero-order valence-electron chi connectivity index (χ0n) is 9.00. The molecule has 0 saturated carbocycles. The van der Waals surface area contributed by atoms with Crippen molar-refractivity contribution in [1.29, 1.82) is 0 Å². The number of hydrogen-bond donors (Lipinski definition) is 0. The van der Waals surface area contributed by atoms with Crippen LogP contribution < -0.4 is 4.74 Å². The van der Waals surface area contributed by atoms with Crippen molar-refractivity contribution < 1.29 is 14.3 Å². The largest absolute Gasteiger partial charge is 0.450 e. The van der Waals surface area contributed by atoms with Gasteiger partial charge in [-0.25, -0.2) is 4.79 Å². The van der Waals surface area contributed by atoms with Crippen molar-refractivity contribution in [3.05, 3.63) is 54.6 Å². The van der Waals surface area contributed by atoms with E-state index in [0.717, 1.165) is 10.8 Å². The fraction of sp³-hybridized carbons (Fsp3) is 0.0714. The Morgan fingerprint density at radius 1 is 1.06 bits per heavy atom. The van der Waals surface area contributed by atoms with Gasteiger partial charge in [0.2, 0.25) is 0 Å². The summed E-state index contributed by atoms with van der Waals surface area (Å²) < 4.78 is 10.6. The molecule has 0 saturated heterocycles. The van der Waals surface area contributed by atoms with Gasteiger partial charge in [0.15, 0.2) is 0 Å². The molecule has 0 amide bonds. The fourth-order valence-corrected chi connectivity index (χ4v) is 1.84. The van der Waals surface area contributed by atoms with Gasteiger partial charge in [-0.15, -0.1) is 0 Å². The van der Waals surface area contributed by atoms with E-state index >= 15 is 0 Å². The summed E-state index contributed by atoms with van der Waals surface area (Å²) in [7, 11) is 0. The summed E-state index contributed by atoms with van der Waals surface area (Å²) in [6.07, 6.45) is 2.35. The molecule has 0 spiro atoms. The highest BCUT2D eigenvalue weighted by Gasteiger charge is 2.18. The summed E-state index contributed by atoms with van der Waals surface area (Å²) in [5, 5.41) is 2.10. The first kappa shape index (κ1) is 9.90. The molecule has 0 radical (unpaired) electrons. The highest BCUT2D eigenvalue weighted by Crippen LogP contribution is 2.26. The molecule has 3 nitrogen and oxygen atoms in total. The molecule has 84 valence electrons. The van der Waals surface area contributed by atoms with Crippen LogP contribution in [0, 0.1) is 0 Å². The first-order valence-electron chi connectivity index (χ1n) is 5.36. The minimum atomic E-state index is -0.617. The van der Waals surface area contributed by atoms with Crippen LogP contribution in [0.4, 0.5) is 0 Å². The van der Waals surface area contributed by atoms with Gasteiger partial charge in [-0.05, 0) is 11.5 Å². The first-order chi connectivity index (χ1) is 8.33. The van der Waals surface area contributed by atoms with Gasteiger partial charge in [-0.3, -0.25) is 0 Å². The minimum absolute atomic E-state index is 0.366. The molecule has 2 aromatic carbocycles. The molecule has 0 bridgehead atoms. The van der Waals surface area contributed by atoms with E-state index in [9.17, 15) is 4.79 Å². The minimum Gasteiger partial charge on any atom is -0.450 e. The second-order valence-electron chi connectivity index (χ2n) is 3.76. The predicted octanol–water partition coefficient (Wildman–Crippen LogP) is 2.66. The number of carbonyl (C=O) groups is 1. The summed E-state index contributed by atoms with van der Waals surface area (Å²) in [6.45, 7) is 0. The Kier molecular flexibility index (Phi) is 2.29. The standard InChI is InChI=1S/C14H10O3/c15-13-8-9-14(17-13)16-12-7-3-5-10-4-1-2-6-11(10)12/h1-9,14H. The molecule has 3 rings (SSSR count). The quantitative estimate of drug-likeness (QED) is 0.738. The molecule has 1 heterocycles. The number of benzene rings is 2. The van der Waals surface area contributed by atoms with Gasteiger partial charge in [0.1, 0.15) is 5.75 Å². The van der Waals surface area contributed by atoms with E-state index in [2.05, 4.69) is 0 Å². The molecule has 2 aromatic rings. The monoisotopic (exact) mass is 226 g/mol. The van der Waals surface area contributed by atoms with E-state index in [1.807, 2.05) is 42.5 Å². The van der Waals surface area contributed by atoms with Crippen LogP contribution in [0.3, 0.4) is 0 Å². The summed E-state index contributed by atoms with van der Waals surface area (Å²) in [4.78, 5) is 10.9. The van der Waals surface area contributed by atoms with Crippen LogP contribution in [0.15, 0.2) is 54.6 Å². The first-order valence-corrected chi connectivity index (χ1v) is 5.36. The molecule has 0 N–H and O–H groups in total. The number of ether oxygens (including phenoxy) is 2. The van der Waals surface area contributed by atoms with Crippen molar-refractivity contribution >= 4 is 16.7 Å². The van der Waals surface area contributed by atoms with E-state index < -0.39 is 6.29 Å². The third-order valence-corrected chi connectivity index (χ3v) is 2.61. The Morgan fingerprint density at radius 2 is 1.88 bits per heavy atom. The van der Waals surface area contributed by atoms with E-state index in [1.54, 1.807) is 6.08 Å². The molecule has 1 atom stereocenters. The predicted molar refractivity (Wildman–Crippen MR) is 63.6 cm³/mol. The van der Waals surface area contributed by atoms with Gasteiger partial charge >= 0.3 is 5.97 Å². The van der Waals surface area contributed by atoms with Crippen LogP contribution in [0.25, 0.3) is 10.8 Å². The third kappa shape index (κ3) is 1.87. The second-order valence-corrected chi connectivity index (χ2v) is 3.76. The lowest BCUT2D eigenvalue weighted by molar-refractivity contribution is -0.147. The lowest BCUT2D eigenvalue weighted by Crippen LogP contribution is -2.15. The van der Waals surface area contributed by atoms with Crippen LogP contribution in [0.2, 0.25) is 0 Å². The highest BCUT2D eigenvalue weighted by atomic mass is 16.7. The van der Waals surface area contributed by atoms with Gasteiger partial charge in [-0.1, -0.05) is 36.4 Å². The Morgan fingerprint density at radius 3 is 2.71 bits per heavy atom. The van der Waals surface area contributed by atoms with Gasteiger partial charge in [-0.2, -0.15) is 0 Å². The Hall–Kier alpha value is -2.29. The highest BCUT2D eigenvalue weighted by molar-refractivity contribution is 5.88. The normalized spacial score (nSPS) is 18.4. The summed E-state index contributed by atoms with van der Waals surface area (Å²) >= 11 is 0. The van der Waals surface area contributed by atoms with Crippen LogP contribution >= 0.6 is 0 Å². The molecule has 0 aromatic heterocycles. The molecule has 17 heavy (non-hydrogen) atoms. The smallest absolute Gasteiger partial charge is 0.334 e. The molecule has 3 heteroatoms. The summed E-state index contributed by atoms with van der Waals surface area (Å²) in [5.74, 6) is 0.350. The van der Waals surface area contributed by atoms with Crippen molar-refractivity contribution in [1.82, 2.24) is 0 Å². The molecular formula is C14H10O3. The summed E-state index contributed by atoms with van der Waals surface area (Å²) in [6, 6.07) is 13.7. The number of rotatable bonds is 2. The van der Waals surface area contributed by atoms with Crippen LogP contribution in [0.1, 0.15) is 0 Å². The zero-order chi connectivity index (χ0) is 11.7. The van der Waals surface area contributed by atoms with Crippen molar-refractivity contribution in [2.24, 2.45) is 0 Å². The molecule has 1 aliphatic rings. The number of esters is 1. The SMILES string of the molecule is O=C1C=CC(Oc2cccc3ccccc23)O1. The average Bonchev–Trinajstić information content (AvgIpc) is 2.75. The van der Waals surface area contributed by atoms with Crippen LogP contribution in [0.5, 0.6) is 5.75 Å². The van der Waals surface area contributed by atoms with Crippen LogP contribution in [-0.2, 0) is 9.53 Å². The molecule has 1 aliphatic heterocycles. The van der Waals surface area contributed by atoms with E-state index in [-0.39, 0.29) is 5.97 Å². The van der Waals surface area contributed by atoms with Gasteiger partial charge in [0, 0.05) is 17.5 Å². The van der Waals surface area contributed by atoms with E-state index in [1.165, 1.54) is 6.08 Å². The average molecular weight is 226 g/mol. The topological polar surface area (TPSA) is 35.5 Å². The Bertz CT molecular complexity index is 596. The maximum atomic E-state index is 10.9. The summed E-state index contributed by atoms with van der Waals surface area (Å²) in [5.41, 5.74) is 0. The maximum Gasteiger partial charge on any atom is 0.334 e. The van der Waals surface area contributed by atoms with Crippen molar-refractivity contribution in [2.45, 2.75) is 6.29 Å². The number of hydrogen-bond acceptors (Lipinski definition) is 3. The van der Waals surface area contributed by atoms with E-state index in [0.29, 0.717) is 5.75 Å². The molecule has 1 unspecified atom stereocenters. The van der Waals surface area contributed by atoms with Crippen molar-refractivity contribution in [3.63, 3.8) is 0 Å². The lowest BCUT2D eigenvalue weighted by Gasteiger charge is -2.13. The van der Waals surface area contributed by atoms with Gasteiger partial charge < -0.3 is 9.47 Å². The molecule has 0 fully saturated rings. The molecular weight excluding hydrogens is 216 g/mol. The van der Waals surface area contributed by atoms with Crippen molar-refractivity contribution in [3.8, 4) is 5.75 Å². The maximum absolute atomic E-state index is 10.9. The molecule has 0 aliphatic carbocycles.